The van der Waals surface area contributed by atoms with Crippen LogP contribution in [0.5, 0.6) is 5.75 Å². The highest BCUT2D eigenvalue weighted by Gasteiger charge is 2.32. The third-order valence-electron chi connectivity index (χ3n) is 4.56. The zero-order valence-corrected chi connectivity index (χ0v) is 16.1. The van der Waals surface area contributed by atoms with E-state index in [1.165, 1.54) is 0 Å². The van der Waals surface area contributed by atoms with E-state index < -0.39 is 6.10 Å². The molecule has 4 nitrogen and oxygen atoms in total. The highest BCUT2D eigenvalue weighted by molar-refractivity contribution is 6.30. The highest BCUT2D eigenvalue weighted by atomic mass is 35.5. The molecule has 4 unspecified atom stereocenters. The summed E-state index contributed by atoms with van der Waals surface area (Å²) in [4.78, 5) is 0. The molecule has 1 saturated heterocycles. The van der Waals surface area contributed by atoms with Crippen molar-refractivity contribution < 1.29 is 14.9 Å². The molecule has 1 aromatic carbocycles. The monoisotopic (exact) mass is 379 g/mol. The maximum atomic E-state index is 10.2. The summed E-state index contributed by atoms with van der Waals surface area (Å²) in [5.41, 5.74) is 0. The summed E-state index contributed by atoms with van der Waals surface area (Å²) in [5, 5.41) is 24.2. The molecule has 0 saturated carbocycles. The largest absolute Gasteiger partial charge is 0.491 e. The number of benzene rings is 1. The SMILES string of the molecule is CCC/C=C/CCC1C(O)CNC1/C=C/C(O)COc1cccc(Cl)c1. The first kappa shape index (κ1) is 21.0. The lowest BCUT2D eigenvalue weighted by Crippen LogP contribution is -2.27. The summed E-state index contributed by atoms with van der Waals surface area (Å²) < 4.78 is 5.55. The number of hydrogen-bond donors (Lipinski definition) is 3. The molecule has 26 heavy (non-hydrogen) atoms. The van der Waals surface area contributed by atoms with Gasteiger partial charge in [0.2, 0.25) is 0 Å². The molecule has 1 heterocycles. The van der Waals surface area contributed by atoms with E-state index in [2.05, 4.69) is 24.4 Å². The van der Waals surface area contributed by atoms with Crippen molar-refractivity contribution in [3.63, 3.8) is 0 Å². The molecular weight excluding hydrogens is 350 g/mol. The van der Waals surface area contributed by atoms with Crippen LogP contribution in [-0.2, 0) is 0 Å². The summed E-state index contributed by atoms with van der Waals surface area (Å²) in [7, 11) is 0. The second kappa shape index (κ2) is 11.4. The number of ether oxygens (including phenoxy) is 1. The second-order valence-electron chi connectivity index (χ2n) is 6.72. The van der Waals surface area contributed by atoms with Crippen molar-refractivity contribution in [1.82, 2.24) is 5.32 Å². The van der Waals surface area contributed by atoms with E-state index in [4.69, 9.17) is 16.3 Å². The molecule has 0 aromatic heterocycles. The molecule has 3 N–H and O–H groups in total. The van der Waals surface area contributed by atoms with Gasteiger partial charge in [-0.2, -0.15) is 0 Å². The average molecular weight is 380 g/mol. The number of hydrogen-bond acceptors (Lipinski definition) is 4. The summed E-state index contributed by atoms with van der Waals surface area (Å²) in [5.74, 6) is 0.801. The van der Waals surface area contributed by atoms with Gasteiger partial charge in [0, 0.05) is 23.5 Å². The van der Waals surface area contributed by atoms with Crippen molar-refractivity contribution in [2.75, 3.05) is 13.2 Å². The topological polar surface area (TPSA) is 61.7 Å². The molecule has 1 aliphatic rings. The molecule has 4 atom stereocenters. The van der Waals surface area contributed by atoms with Gasteiger partial charge in [0.1, 0.15) is 18.5 Å². The molecule has 0 aliphatic carbocycles. The third-order valence-corrected chi connectivity index (χ3v) is 4.80. The predicted octanol–water partition coefficient (Wildman–Crippen LogP) is 3.72. The van der Waals surface area contributed by atoms with Crippen molar-refractivity contribution in [2.45, 2.75) is 50.9 Å². The molecule has 0 bridgehead atoms. The molecule has 144 valence electrons. The van der Waals surface area contributed by atoms with Gasteiger partial charge in [-0.3, -0.25) is 0 Å². The van der Waals surface area contributed by atoms with Gasteiger partial charge in [-0.05, 0) is 37.5 Å². The molecular formula is C21H30ClNO3. The van der Waals surface area contributed by atoms with Gasteiger partial charge >= 0.3 is 0 Å². The van der Waals surface area contributed by atoms with Crippen LogP contribution in [-0.4, -0.2) is 41.6 Å². The Kier molecular flexibility index (Phi) is 9.19. The van der Waals surface area contributed by atoms with Gasteiger partial charge in [-0.25, -0.2) is 0 Å². The summed E-state index contributed by atoms with van der Waals surface area (Å²) in [6, 6.07) is 7.18. The Morgan fingerprint density at radius 1 is 1.35 bits per heavy atom. The number of nitrogens with one attached hydrogen (secondary N) is 1. The van der Waals surface area contributed by atoms with Gasteiger partial charge in [0.15, 0.2) is 0 Å². The fourth-order valence-electron chi connectivity index (χ4n) is 3.11. The summed E-state index contributed by atoms with van der Waals surface area (Å²) >= 11 is 5.91. The first-order valence-electron chi connectivity index (χ1n) is 9.41. The lowest BCUT2D eigenvalue weighted by atomic mass is 9.92. The number of aliphatic hydroxyl groups excluding tert-OH is 2. The lowest BCUT2D eigenvalue weighted by Gasteiger charge is -2.18. The maximum Gasteiger partial charge on any atom is 0.120 e. The van der Waals surface area contributed by atoms with Crippen LogP contribution in [0.1, 0.15) is 32.6 Å². The van der Waals surface area contributed by atoms with Crippen LogP contribution < -0.4 is 10.1 Å². The van der Waals surface area contributed by atoms with Crippen molar-refractivity contribution in [2.24, 2.45) is 5.92 Å². The zero-order valence-electron chi connectivity index (χ0n) is 15.4. The Balaban J connectivity index is 1.78. The molecule has 0 spiro atoms. The second-order valence-corrected chi connectivity index (χ2v) is 7.16. The van der Waals surface area contributed by atoms with E-state index in [-0.39, 0.29) is 24.7 Å². The molecule has 1 fully saturated rings. The van der Waals surface area contributed by atoms with Crippen molar-refractivity contribution in [3.05, 3.63) is 53.6 Å². The minimum absolute atomic E-state index is 0.0744. The van der Waals surface area contributed by atoms with E-state index in [9.17, 15) is 10.2 Å². The molecule has 5 heteroatoms. The minimum atomic E-state index is -0.710. The fraction of sp³-hybridized carbons (Fsp3) is 0.524. The number of halogens is 1. The minimum Gasteiger partial charge on any atom is -0.491 e. The highest BCUT2D eigenvalue weighted by Crippen LogP contribution is 2.23. The first-order chi connectivity index (χ1) is 12.6. The normalized spacial score (nSPS) is 24.5. The van der Waals surface area contributed by atoms with Crippen molar-refractivity contribution in [1.29, 1.82) is 0 Å². The van der Waals surface area contributed by atoms with E-state index in [0.29, 0.717) is 17.3 Å². The summed E-state index contributed by atoms with van der Waals surface area (Å²) in [6.07, 6.45) is 11.2. The van der Waals surface area contributed by atoms with Crippen LogP contribution in [0.3, 0.4) is 0 Å². The lowest BCUT2D eigenvalue weighted by molar-refractivity contribution is 0.135. The van der Waals surface area contributed by atoms with Crippen LogP contribution in [0.4, 0.5) is 0 Å². The standard InChI is InChI=1S/C21H30ClNO3/c1-2-3-4-5-6-10-19-20(23-14-21(19)25)12-11-17(24)15-26-18-9-7-8-16(22)13-18/h4-5,7-9,11-13,17,19-21,23-25H,2-3,6,10,14-15H2,1H3/b5-4+,12-11+. The van der Waals surface area contributed by atoms with E-state index >= 15 is 0 Å². The third kappa shape index (κ3) is 7.12. The fourth-order valence-corrected chi connectivity index (χ4v) is 3.29. The molecule has 1 aliphatic heterocycles. The Hall–Kier alpha value is -1.33. The predicted molar refractivity (Wildman–Crippen MR) is 107 cm³/mol. The number of unbranched alkanes of at least 4 members (excludes halogenated alkanes) is 1. The van der Waals surface area contributed by atoms with E-state index in [1.54, 1.807) is 24.3 Å². The van der Waals surface area contributed by atoms with E-state index in [1.807, 2.05) is 12.1 Å². The van der Waals surface area contributed by atoms with Gasteiger partial charge in [0.05, 0.1) is 6.10 Å². The molecule has 1 aromatic rings. The Morgan fingerprint density at radius 3 is 2.92 bits per heavy atom. The Morgan fingerprint density at radius 2 is 2.15 bits per heavy atom. The quantitative estimate of drug-likeness (QED) is 0.542. The molecule has 0 radical (unpaired) electrons. The Labute approximate surface area is 161 Å². The number of allylic oxidation sites excluding steroid dienone is 2. The smallest absolute Gasteiger partial charge is 0.120 e. The number of rotatable bonds is 10. The van der Waals surface area contributed by atoms with Crippen molar-refractivity contribution >= 4 is 11.6 Å². The van der Waals surface area contributed by atoms with Crippen molar-refractivity contribution in [3.8, 4) is 5.75 Å². The van der Waals surface area contributed by atoms with Gasteiger partial charge in [-0.1, -0.05) is 55.3 Å². The zero-order chi connectivity index (χ0) is 18.8. The Bertz CT molecular complexity index is 590. The van der Waals surface area contributed by atoms with Gasteiger partial charge in [0.25, 0.3) is 0 Å². The van der Waals surface area contributed by atoms with Gasteiger partial charge < -0.3 is 20.3 Å². The van der Waals surface area contributed by atoms with Crippen LogP contribution in [0.15, 0.2) is 48.6 Å². The van der Waals surface area contributed by atoms with Crippen LogP contribution in [0.2, 0.25) is 5.02 Å². The van der Waals surface area contributed by atoms with Crippen LogP contribution in [0.25, 0.3) is 0 Å². The molecule has 2 rings (SSSR count). The average Bonchev–Trinajstić information content (AvgIpc) is 2.98. The van der Waals surface area contributed by atoms with Crippen LogP contribution >= 0.6 is 11.6 Å². The van der Waals surface area contributed by atoms with Crippen LogP contribution in [0, 0.1) is 5.92 Å². The number of aliphatic hydroxyl groups is 2. The maximum absolute atomic E-state index is 10.2. The molecule has 0 amide bonds. The van der Waals surface area contributed by atoms with Gasteiger partial charge in [-0.15, -0.1) is 0 Å². The van der Waals surface area contributed by atoms with E-state index in [0.717, 1.165) is 25.7 Å². The first-order valence-corrected chi connectivity index (χ1v) is 9.79. The number of β-amino-alcohol motifs (C(OH)–C–C–N with tert-alkyl or cyclic N) is 1. The summed E-state index contributed by atoms with van der Waals surface area (Å²) in [6.45, 7) is 2.92.